The number of likely N-dealkylation sites (tertiary alicyclic amines) is 1. The van der Waals surface area contributed by atoms with Crippen molar-refractivity contribution in [2.75, 3.05) is 40.8 Å². The Labute approximate surface area is 179 Å². The highest BCUT2D eigenvalue weighted by atomic mass is 16.2. The van der Waals surface area contributed by atoms with Crippen LogP contribution in [0.5, 0.6) is 0 Å². The summed E-state index contributed by atoms with van der Waals surface area (Å²) < 4.78 is 0. The van der Waals surface area contributed by atoms with E-state index in [2.05, 4.69) is 34.1 Å². The lowest BCUT2D eigenvalue weighted by Crippen LogP contribution is -2.38. The maximum absolute atomic E-state index is 13.3. The fourth-order valence-corrected chi connectivity index (χ4v) is 4.11. The van der Waals surface area contributed by atoms with Crippen molar-refractivity contribution in [3.05, 3.63) is 65.5 Å². The third-order valence-corrected chi connectivity index (χ3v) is 5.79. The van der Waals surface area contributed by atoms with Gasteiger partial charge < -0.3 is 14.7 Å². The number of hydrogen-bond donors (Lipinski definition) is 0. The standard InChI is InChI=1S/C24H32N4O2/c1-18(29)28-16-22(20-10-8-19(9-11-20)15-26(2)3)23(17-28)24(30)27(4)14-12-21-7-5-6-13-25-21/h5-11,13,22-23H,12,14-17H2,1-4H3/t22-,23+/m1/s1. The first-order chi connectivity index (χ1) is 14.3. The van der Waals surface area contributed by atoms with Crippen LogP contribution in [0.3, 0.4) is 0 Å². The van der Waals surface area contributed by atoms with Crippen molar-refractivity contribution in [1.29, 1.82) is 0 Å². The molecule has 160 valence electrons. The van der Waals surface area contributed by atoms with Gasteiger partial charge in [-0.2, -0.15) is 0 Å². The second-order valence-corrected chi connectivity index (χ2v) is 8.45. The molecule has 6 heteroatoms. The summed E-state index contributed by atoms with van der Waals surface area (Å²) in [6.07, 6.45) is 2.49. The van der Waals surface area contributed by atoms with Gasteiger partial charge in [0, 0.05) is 64.4 Å². The van der Waals surface area contributed by atoms with Gasteiger partial charge in [0.2, 0.25) is 11.8 Å². The van der Waals surface area contributed by atoms with Crippen molar-refractivity contribution in [2.24, 2.45) is 5.92 Å². The number of aromatic nitrogens is 1. The van der Waals surface area contributed by atoms with Crippen molar-refractivity contribution in [1.82, 2.24) is 19.7 Å². The quantitative estimate of drug-likeness (QED) is 0.706. The number of carbonyl (C=O) groups is 2. The molecular weight excluding hydrogens is 376 g/mol. The first kappa shape index (κ1) is 22.0. The summed E-state index contributed by atoms with van der Waals surface area (Å²) in [7, 11) is 5.94. The number of likely N-dealkylation sites (N-methyl/N-ethyl adjacent to an activating group) is 1. The van der Waals surface area contributed by atoms with E-state index < -0.39 is 0 Å². The van der Waals surface area contributed by atoms with Gasteiger partial charge in [-0.25, -0.2) is 0 Å². The highest BCUT2D eigenvalue weighted by molar-refractivity contribution is 5.82. The fraction of sp³-hybridized carbons (Fsp3) is 0.458. The van der Waals surface area contributed by atoms with Gasteiger partial charge in [0.25, 0.3) is 0 Å². The molecule has 0 spiro atoms. The summed E-state index contributed by atoms with van der Waals surface area (Å²) in [6, 6.07) is 14.3. The normalized spacial score (nSPS) is 18.6. The Hall–Kier alpha value is -2.73. The van der Waals surface area contributed by atoms with E-state index in [0.717, 1.165) is 24.2 Å². The minimum atomic E-state index is -0.220. The number of nitrogens with zero attached hydrogens (tertiary/aromatic N) is 4. The second kappa shape index (κ2) is 9.85. The average Bonchev–Trinajstić information content (AvgIpc) is 3.18. The summed E-state index contributed by atoms with van der Waals surface area (Å²) in [5.74, 6) is -0.0813. The molecule has 2 atom stereocenters. The summed E-state index contributed by atoms with van der Waals surface area (Å²) in [6.45, 7) is 4.14. The van der Waals surface area contributed by atoms with Crippen LogP contribution in [0.25, 0.3) is 0 Å². The smallest absolute Gasteiger partial charge is 0.227 e. The highest BCUT2D eigenvalue weighted by Crippen LogP contribution is 2.34. The maximum atomic E-state index is 13.3. The molecule has 1 aromatic carbocycles. The van der Waals surface area contributed by atoms with Gasteiger partial charge in [-0.3, -0.25) is 14.6 Å². The summed E-state index contributed by atoms with van der Waals surface area (Å²) in [4.78, 5) is 35.4. The van der Waals surface area contributed by atoms with Crippen LogP contribution in [0.4, 0.5) is 0 Å². The van der Waals surface area contributed by atoms with Crippen molar-refractivity contribution in [2.45, 2.75) is 25.8 Å². The van der Waals surface area contributed by atoms with Crippen molar-refractivity contribution in [3.63, 3.8) is 0 Å². The number of hydrogen-bond acceptors (Lipinski definition) is 4. The molecule has 0 unspecified atom stereocenters. The van der Waals surface area contributed by atoms with Gasteiger partial charge in [-0.1, -0.05) is 30.3 Å². The SMILES string of the molecule is CC(=O)N1C[C@H](C(=O)N(C)CCc2ccccn2)[C@@H](c2ccc(CN(C)C)cc2)C1. The van der Waals surface area contributed by atoms with E-state index in [-0.39, 0.29) is 23.7 Å². The van der Waals surface area contributed by atoms with Gasteiger partial charge in [0.15, 0.2) is 0 Å². The zero-order valence-corrected chi connectivity index (χ0v) is 18.4. The Morgan fingerprint density at radius 3 is 2.40 bits per heavy atom. The van der Waals surface area contributed by atoms with Gasteiger partial charge in [-0.05, 0) is 37.4 Å². The van der Waals surface area contributed by atoms with Crippen LogP contribution in [0.15, 0.2) is 48.7 Å². The van der Waals surface area contributed by atoms with E-state index in [0.29, 0.717) is 19.6 Å². The zero-order valence-electron chi connectivity index (χ0n) is 18.4. The average molecular weight is 409 g/mol. The number of pyridine rings is 1. The Morgan fingerprint density at radius 2 is 1.80 bits per heavy atom. The van der Waals surface area contributed by atoms with E-state index in [1.54, 1.807) is 22.9 Å². The fourth-order valence-electron chi connectivity index (χ4n) is 4.11. The largest absolute Gasteiger partial charge is 0.345 e. The third kappa shape index (κ3) is 5.45. The first-order valence-corrected chi connectivity index (χ1v) is 10.5. The molecule has 1 aliphatic rings. The van der Waals surface area contributed by atoms with Crippen LogP contribution in [0.2, 0.25) is 0 Å². The van der Waals surface area contributed by atoms with Gasteiger partial charge in [0.05, 0.1) is 5.92 Å². The second-order valence-electron chi connectivity index (χ2n) is 8.45. The number of benzene rings is 1. The van der Waals surface area contributed by atoms with Crippen molar-refractivity contribution in [3.8, 4) is 0 Å². The Bertz CT molecular complexity index is 851. The van der Waals surface area contributed by atoms with Crippen molar-refractivity contribution < 1.29 is 9.59 Å². The molecule has 0 bridgehead atoms. The van der Waals surface area contributed by atoms with Crippen LogP contribution in [0, 0.1) is 5.92 Å². The van der Waals surface area contributed by atoms with Crippen LogP contribution in [-0.2, 0) is 22.6 Å². The van der Waals surface area contributed by atoms with E-state index in [1.807, 2.05) is 39.3 Å². The Morgan fingerprint density at radius 1 is 1.07 bits per heavy atom. The van der Waals surface area contributed by atoms with E-state index in [1.165, 1.54) is 5.56 Å². The molecule has 1 aromatic heterocycles. The predicted molar refractivity (Wildman–Crippen MR) is 118 cm³/mol. The molecule has 3 rings (SSSR count). The lowest BCUT2D eigenvalue weighted by molar-refractivity contribution is -0.134. The molecule has 0 aliphatic carbocycles. The first-order valence-electron chi connectivity index (χ1n) is 10.5. The molecule has 0 saturated carbocycles. The number of carbonyl (C=O) groups excluding carboxylic acids is 2. The molecule has 0 radical (unpaired) electrons. The summed E-state index contributed by atoms with van der Waals surface area (Å²) in [5.41, 5.74) is 3.33. The van der Waals surface area contributed by atoms with Gasteiger partial charge in [-0.15, -0.1) is 0 Å². The molecule has 1 fully saturated rings. The van der Waals surface area contributed by atoms with Crippen LogP contribution < -0.4 is 0 Å². The molecular formula is C24H32N4O2. The third-order valence-electron chi connectivity index (χ3n) is 5.79. The molecule has 2 aromatic rings. The molecule has 1 aliphatic heterocycles. The van der Waals surface area contributed by atoms with Crippen LogP contribution in [-0.4, -0.2) is 72.3 Å². The summed E-state index contributed by atoms with van der Waals surface area (Å²) in [5, 5.41) is 0. The van der Waals surface area contributed by atoms with Gasteiger partial charge in [0.1, 0.15) is 0 Å². The van der Waals surface area contributed by atoms with Gasteiger partial charge >= 0.3 is 0 Å². The minimum absolute atomic E-state index is 0.0205. The number of rotatable bonds is 7. The zero-order chi connectivity index (χ0) is 21.7. The molecule has 2 amide bonds. The molecule has 1 saturated heterocycles. The van der Waals surface area contributed by atoms with Crippen LogP contribution in [0.1, 0.15) is 29.7 Å². The summed E-state index contributed by atoms with van der Waals surface area (Å²) >= 11 is 0. The monoisotopic (exact) mass is 408 g/mol. The van der Waals surface area contributed by atoms with Crippen LogP contribution >= 0.6 is 0 Å². The highest BCUT2D eigenvalue weighted by Gasteiger charge is 2.40. The Balaban J connectivity index is 1.72. The molecule has 30 heavy (non-hydrogen) atoms. The number of amides is 2. The van der Waals surface area contributed by atoms with Crippen molar-refractivity contribution >= 4 is 11.8 Å². The van der Waals surface area contributed by atoms with E-state index >= 15 is 0 Å². The maximum Gasteiger partial charge on any atom is 0.227 e. The lowest BCUT2D eigenvalue weighted by atomic mass is 9.87. The minimum Gasteiger partial charge on any atom is -0.345 e. The van der Waals surface area contributed by atoms with E-state index in [9.17, 15) is 9.59 Å². The van der Waals surface area contributed by atoms with E-state index in [4.69, 9.17) is 0 Å². The Kier molecular flexibility index (Phi) is 7.21. The topological polar surface area (TPSA) is 56.8 Å². The molecule has 2 heterocycles. The molecule has 0 N–H and O–H groups in total. The predicted octanol–water partition coefficient (Wildman–Crippen LogP) is 2.41. The lowest BCUT2D eigenvalue weighted by Gasteiger charge is -2.24. The molecule has 6 nitrogen and oxygen atoms in total.